The van der Waals surface area contributed by atoms with Gasteiger partial charge in [-0.15, -0.1) is 0 Å². The number of hydrogen-bond donors (Lipinski definition) is 2. The number of benzene rings is 1. The number of morpholine rings is 1. The van der Waals surface area contributed by atoms with Gasteiger partial charge >= 0.3 is 6.09 Å². The molecule has 2 aliphatic rings. The molecule has 3 N–H and O–H groups in total. The highest BCUT2D eigenvalue weighted by molar-refractivity contribution is 5.90. The van der Waals surface area contributed by atoms with E-state index in [2.05, 4.69) is 5.32 Å². The van der Waals surface area contributed by atoms with Gasteiger partial charge in [-0.1, -0.05) is 0 Å². The van der Waals surface area contributed by atoms with Crippen LogP contribution in [0.4, 0.5) is 20.6 Å². The van der Waals surface area contributed by atoms with Crippen LogP contribution in [0.15, 0.2) is 18.2 Å². The van der Waals surface area contributed by atoms with Crippen LogP contribution in [0, 0.1) is 5.82 Å². The maximum absolute atomic E-state index is 14.5. The number of halogens is 1. The number of carbonyl (C=O) groups excluding carboxylic acids is 2. The lowest BCUT2D eigenvalue weighted by Crippen LogP contribution is -2.42. The van der Waals surface area contributed by atoms with E-state index in [0.29, 0.717) is 37.7 Å². The number of nitrogens with zero attached hydrogens (tertiary/aromatic N) is 2. The van der Waals surface area contributed by atoms with Crippen LogP contribution in [0.2, 0.25) is 0 Å². The monoisotopic (exact) mass is 366 g/mol. The molecule has 1 unspecified atom stereocenters. The van der Waals surface area contributed by atoms with Gasteiger partial charge in [-0.05, 0) is 25.1 Å². The summed E-state index contributed by atoms with van der Waals surface area (Å²) in [5.41, 5.74) is 6.39. The Morgan fingerprint density at radius 1 is 1.42 bits per heavy atom. The fourth-order valence-electron chi connectivity index (χ4n) is 2.94. The Morgan fingerprint density at radius 3 is 2.81 bits per heavy atom. The van der Waals surface area contributed by atoms with Crippen LogP contribution in [-0.2, 0) is 14.3 Å². The Labute approximate surface area is 151 Å². The van der Waals surface area contributed by atoms with Gasteiger partial charge in [0.25, 0.3) is 0 Å². The molecule has 9 heteroatoms. The lowest BCUT2D eigenvalue weighted by atomic mass is 10.2. The lowest BCUT2D eigenvalue weighted by Gasteiger charge is -2.29. The second-order valence-corrected chi connectivity index (χ2v) is 6.39. The molecule has 142 valence electrons. The molecule has 2 amide bonds. The van der Waals surface area contributed by atoms with Crippen molar-refractivity contribution in [1.29, 1.82) is 0 Å². The Kier molecular flexibility index (Phi) is 5.58. The third-order valence-corrected chi connectivity index (χ3v) is 4.39. The van der Waals surface area contributed by atoms with Crippen molar-refractivity contribution in [2.75, 3.05) is 49.2 Å². The quantitative estimate of drug-likeness (QED) is 0.785. The first-order chi connectivity index (χ1) is 12.5. The number of ether oxygens (including phenoxy) is 2. The van der Waals surface area contributed by atoms with E-state index in [0.717, 1.165) is 0 Å². The summed E-state index contributed by atoms with van der Waals surface area (Å²) in [6.45, 7) is 4.35. The molecule has 3 rings (SSSR count). The molecule has 0 spiro atoms. The molecule has 0 aromatic heterocycles. The van der Waals surface area contributed by atoms with Gasteiger partial charge in [0.05, 0.1) is 43.7 Å². The number of cyclic esters (lactones) is 1. The van der Waals surface area contributed by atoms with Gasteiger partial charge in [-0.2, -0.15) is 0 Å². The number of rotatable bonds is 5. The molecule has 2 aliphatic heterocycles. The molecular weight excluding hydrogens is 343 g/mol. The topological polar surface area (TPSA) is 97.1 Å². The van der Waals surface area contributed by atoms with E-state index in [1.54, 1.807) is 19.1 Å². The van der Waals surface area contributed by atoms with Gasteiger partial charge in [-0.3, -0.25) is 9.69 Å². The molecule has 0 aliphatic carbocycles. The average molecular weight is 366 g/mol. The minimum atomic E-state index is -0.634. The van der Waals surface area contributed by atoms with E-state index in [1.165, 1.54) is 11.0 Å². The van der Waals surface area contributed by atoms with Crippen molar-refractivity contribution in [2.45, 2.75) is 19.1 Å². The maximum atomic E-state index is 14.5. The molecular formula is C17H23FN4O4. The summed E-state index contributed by atoms with van der Waals surface area (Å²) in [4.78, 5) is 26.9. The first-order valence-corrected chi connectivity index (χ1v) is 8.59. The summed E-state index contributed by atoms with van der Waals surface area (Å²) in [7, 11) is 0. The minimum absolute atomic E-state index is 0.164. The summed E-state index contributed by atoms with van der Waals surface area (Å²) in [6, 6.07) is 4.05. The fourth-order valence-corrected chi connectivity index (χ4v) is 2.94. The van der Waals surface area contributed by atoms with Crippen molar-refractivity contribution >= 4 is 23.4 Å². The summed E-state index contributed by atoms with van der Waals surface area (Å²) in [5, 5.41) is 2.62. The van der Waals surface area contributed by atoms with Crippen LogP contribution in [0.1, 0.15) is 6.92 Å². The van der Waals surface area contributed by atoms with Crippen molar-refractivity contribution in [2.24, 2.45) is 5.73 Å². The highest BCUT2D eigenvalue weighted by Gasteiger charge is 2.33. The number of anilines is 2. The zero-order chi connectivity index (χ0) is 18.7. The Hall–Kier alpha value is -2.39. The van der Waals surface area contributed by atoms with Crippen molar-refractivity contribution < 1.29 is 23.5 Å². The van der Waals surface area contributed by atoms with E-state index < -0.39 is 24.1 Å². The number of carbonyl (C=O) groups is 2. The maximum Gasteiger partial charge on any atom is 0.414 e. The summed E-state index contributed by atoms with van der Waals surface area (Å²) in [5.74, 6) is -0.716. The second-order valence-electron chi connectivity index (χ2n) is 6.39. The number of nitrogens with two attached hydrogens (primary N) is 1. The molecule has 2 atom stereocenters. The third kappa shape index (κ3) is 4.05. The summed E-state index contributed by atoms with van der Waals surface area (Å²) >= 11 is 0. The van der Waals surface area contributed by atoms with E-state index in [1.807, 2.05) is 4.90 Å². The highest BCUT2D eigenvalue weighted by Crippen LogP contribution is 2.28. The van der Waals surface area contributed by atoms with Crippen molar-refractivity contribution in [3.05, 3.63) is 24.0 Å². The van der Waals surface area contributed by atoms with Gasteiger partial charge in [0.2, 0.25) is 5.91 Å². The zero-order valence-electron chi connectivity index (χ0n) is 14.6. The average Bonchev–Trinajstić information content (AvgIpc) is 3.01. The van der Waals surface area contributed by atoms with Crippen LogP contribution in [0.3, 0.4) is 0 Å². The Morgan fingerprint density at radius 2 is 2.15 bits per heavy atom. The van der Waals surface area contributed by atoms with Gasteiger partial charge < -0.3 is 25.4 Å². The molecule has 0 saturated carbocycles. The van der Waals surface area contributed by atoms with E-state index in [9.17, 15) is 14.0 Å². The van der Waals surface area contributed by atoms with Crippen molar-refractivity contribution in [3.63, 3.8) is 0 Å². The zero-order valence-corrected chi connectivity index (χ0v) is 14.6. The van der Waals surface area contributed by atoms with E-state index in [-0.39, 0.29) is 19.0 Å². The van der Waals surface area contributed by atoms with E-state index in [4.69, 9.17) is 15.2 Å². The van der Waals surface area contributed by atoms with Crippen LogP contribution in [0.5, 0.6) is 0 Å². The minimum Gasteiger partial charge on any atom is -0.442 e. The van der Waals surface area contributed by atoms with Crippen LogP contribution >= 0.6 is 0 Å². The molecule has 0 radical (unpaired) electrons. The second kappa shape index (κ2) is 7.88. The van der Waals surface area contributed by atoms with Crippen molar-refractivity contribution in [3.8, 4) is 0 Å². The normalized spacial score (nSPS) is 21.5. The van der Waals surface area contributed by atoms with E-state index >= 15 is 0 Å². The Balaban J connectivity index is 1.64. The molecule has 26 heavy (non-hydrogen) atoms. The molecule has 1 aromatic rings. The number of amides is 2. The van der Waals surface area contributed by atoms with Gasteiger partial charge in [0, 0.05) is 13.1 Å². The standard InChI is InChI=1S/C17H23FN4O4/c1-11(19)16(23)20-9-13-10-22(17(24)26-13)12-2-3-15(14(18)8-12)21-4-6-25-7-5-21/h2-3,8,11,13H,4-7,9-10,19H2,1H3,(H,20,23)/t11?,13-/m0/s1. The first kappa shape index (κ1) is 18.4. The molecule has 2 fully saturated rings. The lowest BCUT2D eigenvalue weighted by molar-refractivity contribution is -0.122. The van der Waals surface area contributed by atoms with Crippen LogP contribution in [-0.4, -0.2) is 63.5 Å². The molecule has 2 saturated heterocycles. The first-order valence-electron chi connectivity index (χ1n) is 8.59. The molecule has 0 bridgehead atoms. The summed E-state index contributed by atoms with van der Waals surface area (Å²) in [6.07, 6.45) is -1.07. The molecule has 2 heterocycles. The predicted molar refractivity (Wildman–Crippen MR) is 93.7 cm³/mol. The van der Waals surface area contributed by atoms with Crippen molar-refractivity contribution in [1.82, 2.24) is 5.32 Å². The number of hydrogen-bond acceptors (Lipinski definition) is 6. The molecule has 8 nitrogen and oxygen atoms in total. The third-order valence-electron chi connectivity index (χ3n) is 4.39. The summed E-state index contributed by atoms with van der Waals surface area (Å²) < 4.78 is 25.0. The predicted octanol–water partition coefficient (Wildman–Crippen LogP) is 0.451. The largest absolute Gasteiger partial charge is 0.442 e. The van der Waals surface area contributed by atoms with Crippen LogP contribution in [0.25, 0.3) is 0 Å². The van der Waals surface area contributed by atoms with Gasteiger partial charge in [0.15, 0.2) is 0 Å². The Bertz CT molecular complexity index is 679. The smallest absolute Gasteiger partial charge is 0.414 e. The fraction of sp³-hybridized carbons (Fsp3) is 0.529. The number of nitrogens with one attached hydrogen (secondary N) is 1. The van der Waals surface area contributed by atoms with Gasteiger partial charge in [-0.25, -0.2) is 9.18 Å². The SMILES string of the molecule is CC(N)C(=O)NC[C@H]1CN(c2ccc(N3CCOCC3)c(F)c2)C(=O)O1. The van der Waals surface area contributed by atoms with Crippen LogP contribution < -0.4 is 20.9 Å². The molecule has 1 aromatic carbocycles. The van der Waals surface area contributed by atoms with Gasteiger partial charge in [0.1, 0.15) is 11.9 Å². The highest BCUT2D eigenvalue weighted by atomic mass is 19.1.